The maximum absolute atomic E-state index is 2.69. The highest BCUT2D eigenvalue weighted by molar-refractivity contribution is 14.1. The minimum Gasteiger partial charge on any atom is -0.291 e. The van der Waals surface area contributed by atoms with Gasteiger partial charge in [-0.15, -0.1) is 0 Å². The Bertz CT molecular complexity index is 606. The minimum absolute atomic E-state index is 0.549. The molecule has 1 heterocycles. The molecule has 0 amide bonds. The van der Waals surface area contributed by atoms with Gasteiger partial charge in [-0.25, -0.2) is 0 Å². The Kier molecular flexibility index (Phi) is 3.76. The van der Waals surface area contributed by atoms with E-state index in [9.17, 15) is 0 Å². The second-order valence-electron chi connectivity index (χ2n) is 6.15. The van der Waals surface area contributed by atoms with Crippen molar-refractivity contribution >= 4 is 22.6 Å². The van der Waals surface area contributed by atoms with Crippen LogP contribution in [0, 0.1) is 0 Å². The lowest BCUT2D eigenvalue weighted by molar-refractivity contribution is 0.211. The molecular formula is C19H20IN. The summed E-state index contributed by atoms with van der Waals surface area (Å²) in [4.78, 5) is 2.69. The Labute approximate surface area is 140 Å². The maximum Gasteiger partial charge on any atom is 0.0618 e. The third-order valence-electron chi connectivity index (χ3n) is 4.91. The van der Waals surface area contributed by atoms with E-state index < -0.39 is 0 Å². The number of hydrogen-bond donors (Lipinski definition) is 0. The van der Waals surface area contributed by atoms with E-state index in [2.05, 4.69) is 76.0 Å². The fourth-order valence-corrected chi connectivity index (χ4v) is 4.79. The van der Waals surface area contributed by atoms with Crippen molar-refractivity contribution in [2.75, 3.05) is 13.1 Å². The molecule has 2 aromatic carbocycles. The van der Waals surface area contributed by atoms with E-state index in [1.807, 2.05) is 0 Å². The number of likely N-dealkylation sites (tertiary alicyclic amines) is 1. The van der Waals surface area contributed by atoms with E-state index in [0.29, 0.717) is 9.97 Å². The van der Waals surface area contributed by atoms with Crippen molar-refractivity contribution in [3.05, 3.63) is 59.7 Å². The quantitative estimate of drug-likeness (QED) is 0.395. The maximum atomic E-state index is 2.69. The van der Waals surface area contributed by atoms with Crippen LogP contribution in [0.1, 0.15) is 36.3 Å². The Morgan fingerprint density at radius 3 is 2.14 bits per heavy atom. The van der Waals surface area contributed by atoms with Gasteiger partial charge >= 0.3 is 0 Å². The van der Waals surface area contributed by atoms with Crippen LogP contribution in [0.5, 0.6) is 0 Å². The van der Waals surface area contributed by atoms with Gasteiger partial charge in [0.1, 0.15) is 0 Å². The van der Waals surface area contributed by atoms with Crippen molar-refractivity contribution in [3.8, 4) is 11.1 Å². The van der Waals surface area contributed by atoms with Crippen LogP contribution in [0.3, 0.4) is 0 Å². The van der Waals surface area contributed by atoms with E-state index >= 15 is 0 Å². The van der Waals surface area contributed by atoms with E-state index in [4.69, 9.17) is 0 Å². The summed E-state index contributed by atoms with van der Waals surface area (Å²) in [6.45, 7) is 2.43. The lowest BCUT2D eigenvalue weighted by Crippen LogP contribution is -2.38. The van der Waals surface area contributed by atoms with Crippen LogP contribution >= 0.6 is 22.6 Å². The predicted molar refractivity (Wildman–Crippen MR) is 97.0 cm³/mol. The molecular weight excluding hydrogens is 369 g/mol. The average Bonchev–Trinajstić information content (AvgIpc) is 2.85. The number of benzene rings is 2. The van der Waals surface area contributed by atoms with Gasteiger partial charge in [-0.3, -0.25) is 4.90 Å². The van der Waals surface area contributed by atoms with Gasteiger partial charge in [0.25, 0.3) is 0 Å². The number of rotatable bonds is 2. The van der Waals surface area contributed by atoms with Crippen LogP contribution in [0.25, 0.3) is 11.1 Å². The number of halogens is 1. The van der Waals surface area contributed by atoms with Crippen LogP contribution in [-0.2, 0) is 0 Å². The molecule has 1 nitrogen and oxygen atoms in total. The Hall–Kier alpha value is -0.870. The van der Waals surface area contributed by atoms with Gasteiger partial charge in [0, 0.05) is 12.5 Å². The lowest BCUT2D eigenvalue weighted by Gasteiger charge is -2.34. The molecule has 0 N–H and O–H groups in total. The third kappa shape index (κ3) is 2.42. The summed E-state index contributed by atoms with van der Waals surface area (Å²) < 4.78 is 0.705. The van der Waals surface area contributed by atoms with E-state index in [-0.39, 0.29) is 0 Å². The van der Waals surface area contributed by atoms with Crippen molar-refractivity contribution in [3.63, 3.8) is 0 Å². The molecule has 4 rings (SSSR count). The van der Waals surface area contributed by atoms with Crippen LogP contribution in [0.2, 0.25) is 0 Å². The zero-order valence-electron chi connectivity index (χ0n) is 12.1. The average molecular weight is 389 g/mol. The molecule has 0 radical (unpaired) electrons. The number of nitrogens with zero attached hydrogens (tertiary/aromatic N) is 1. The topological polar surface area (TPSA) is 3.24 Å². The van der Waals surface area contributed by atoms with Crippen molar-refractivity contribution in [2.24, 2.45) is 0 Å². The van der Waals surface area contributed by atoms with Crippen molar-refractivity contribution in [1.29, 1.82) is 0 Å². The highest BCUT2D eigenvalue weighted by atomic mass is 127. The van der Waals surface area contributed by atoms with Crippen LogP contribution in [0.4, 0.5) is 0 Å². The summed E-state index contributed by atoms with van der Waals surface area (Å²) in [5.74, 6) is 0.549. The molecule has 0 bridgehead atoms. The molecule has 21 heavy (non-hydrogen) atoms. The first-order valence-electron chi connectivity index (χ1n) is 7.91. The molecule has 2 aliphatic rings. The van der Waals surface area contributed by atoms with E-state index in [0.717, 1.165) is 0 Å². The third-order valence-corrected chi connectivity index (χ3v) is 6.32. The first-order valence-corrected chi connectivity index (χ1v) is 9.15. The first-order chi connectivity index (χ1) is 10.3. The van der Waals surface area contributed by atoms with Gasteiger partial charge in [0.2, 0.25) is 0 Å². The molecule has 0 spiro atoms. The summed E-state index contributed by atoms with van der Waals surface area (Å²) in [5.41, 5.74) is 5.93. The van der Waals surface area contributed by atoms with Crippen molar-refractivity contribution in [2.45, 2.75) is 29.2 Å². The first kappa shape index (κ1) is 13.8. The van der Waals surface area contributed by atoms with Gasteiger partial charge in [-0.2, -0.15) is 0 Å². The predicted octanol–water partition coefficient (Wildman–Crippen LogP) is 5.05. The smallest absolute Gasteiger partial charge is 0.0618 e. The second-order valence-corrected chi connectivity index (χ2v) is 7.59. The molecule has 2 aromatic rings. The molecule has 0 aromatic heterocycles. The SMILES string of the molecule is IC1CCCCN1CC1c2ccccc2-c2ccccc21. The van der Waals surface area contributed by atoms with Gasteiger partial charge in [0.15, 0.2) is 0 Å². The zero-order chi connectivity index (χ0) is 14.2. The summed E-state index contributed by atoms with van der Waals surface area (Å²) in [5, 5.41) is 0. The highest BCUT2D eigenvalue weighted by Crippen LogP contribution is 2.45. The minimum atomic E-state index is 0.549. The Morgan fingerprint density at radius 2 is 1.52 bits per heavy atom. The Balaban J connectivity index is 1.71. The summed E-state index contributed by atoms with van der Waals surface area (Å²) in [7, 11) is 0. The van der Waals surface area contributed by atoms with Gasteiger partial charge in [-0.05, 0) is 48.1 Å². The number of fused-ring (bicyclic) bond motifs is 3. The molecule has 1 fully saturated rings. The fraction of sp³-hybridized carbons (Fsp3) is 0.368. The Morgan fingerprint density at radius 1 is 0.905 bits per heavy atom. The van der Waals surface area contributed by atoms with Crippen LogP contribution in [0.15, 0.2) is 48.5 Å². The monoisotopic (exact) mass is 389 g/mol. The number of alkyl halides is 1. The van der Waals surface area contributed by atoms with Crippen molar-refractivity contribution < 1.29 is 0 Å². The summed E-state index contributed by atoms with van der Waals surface area (Å²) in [6, 6.07) is 17.9. The zero-order valence-corrected chi connectivity index (χ0v) is 14.3. The second kappa shape index (κ2) is 5.73. The molecule has 1 aliphatic carbocycles. The van der Waals surface area contributed by atoms with Gasteiger partial charge in [-0.1, -0.05) is 71.1 Å². The fourth-order valence-electron chi connectivity index (χ4n) is 3.85. The van der Waals surface area contributed by atoms with Crippen molar-refractivity contribution in [1.82, 2.24) is 4.90 Å². The standard InChI is InChI=1S/C19H20IN/c20-19-11-5-6-12-21(19)13-18-16-9-3-1-7-14(16)15-8-2-4-10-17(15)18/h1-4,7-10,18-19H,5-6,11-13H2. The number of piperidine rings is 1. The van der Waals surface area contributed by atoms with E-state index in [1.165, 1.54) is 54.6 Å². The molecule has 0 saturated carbocycles. The number of hydrogen-bond acceptors (Lipinski definition) is 1. The van der Waals surface area contributed by atoms with E-state index in [1.54, 1.807) is 0 Å². The van der Waals surface area contributed by atoms with Crippen LogP contribution < -0.4 is 0 Å². The van der Waals surface area contributed by atoms with Gasteiger partial charge < -0.3 is 0 Å². The largest absolute Gasteiger partial charge is 0.291 e. The molecule has 1 unspecified atom stereocenters. The highest BCUT2D eigenvalue weighted by Gasteiger charge is 2.31. The molecule has 2 heteroatoms. The lowest BCUT2D eigenvalue weighted by atomic mass is 9.95. The van der Waals surface area contributed by atoms with Gasteiger partial charge in [0.05, 0.1) is 4.05 Å². The summed E-state index contributed by atoms with van der Waals surface area (Å²) in [6.07, 6.45) is 4.09. The normalized spacial score (nSPS) is 22.0. The molecule has 108 valence electrons. The molecule has 1 atom stereocenters. The summed E-state index contributed by atoms with van der Waals surface area (Å²) >= 11 is 2.63. The molecule has 1 aliphatic heterocycles. The molecule has 1 saturated heterocycles. The van der Waals surface area contributed by atoms with Crippen LogP contribution in [-0.4, -0.2) is 22.0 Å².